The molecule has 0 aliphatic heterocycles. The van der Waals surface area contributed by atoms with E-state index in [0.29, 0.717) is 17.5 Å². The number of nitrogens with zero attached hydrogens (tertiary/aromatic N) is 4. The minimum Gasteiger partial charge on any atom is -0.248 e. The van der Waals surface area contributed by atoms with Crippen molar-refractivity contribution in [3.63, 3.8) is 0 Å². The zero-order valence-corrected chi connectivity index (χ0v) is 22.7. The van der Waals surface area contributed by atoms with Crippen molar-refractivity contribution >= 4 is 16.5 Å². The maximum absolute atomic E-state index is 5.04. The molecule has 2 aliphatic carbocycles. The Morgan fingerprint density at radius 3 is 2.31 bits per heavy atom. The second kappa shape index (κ2) is 10.0. The molecule has 4 nitrogen and oxygen atoms in total. The molecule has 0 fully saturated rings. The van der Waals surface area contributed by atoms with Crippen LogP contribution in [0.2, 0.25) is 0 Å². The van der Waals surface area contributed by atoms with Crippen molar-refractivity contribution in [3.05, 3.63) is 156 Å². The second-order valence-electron chi connectivity index (χ2n) is 10.4. The minimum absolute atomic E-state index is 0.633. The van der Waals surface area contributed by atoms with Gasteiger partial charge in [0.05, 0.1) is 11.2 Å². The fraction of sp³-hybridized carbons (Fsp3) is 0.0263. The summed E-state index contributed by atoms with van der Waals surface area (Å²) < 4.78 is 0. The molecule has 0 amide bonds. The van der Waals surface area contributed by atoms with Crippen LogP contribution in [-0.2, 0) is 6.42 Å². The summed E-state index contributed by atoms with van der Waals surface area (Å²) in [5.41, 5.74) is 14.1. The zero-order valence-electron chi connectivity index (χ0n) is 22.7. The summed E-state index contributed by atoms with van der Waals surface area (Å²) in [6.45, 7) is 0. The van der Waals surface area contributed by atoms with Crippen LogP contribution in [0.25, 0.3) is 61.6 Å². The van der Waals surface area contributed by atoms with Crippen LogP contribution in [0.15, 0.2) is 139 Å². The lowest BCUT2D eigenvalue weighted by Crippen LogP contribution is -2.03. The molecule has 8 rings (SSSR count). The highest BCUT2D eigenvalue weighted by atomic mass is 15.0. The van der Waals surface area contributed by atoms with Crippen molar-refractivity contribution in [1.82, 2.24) is 19.9 Å². The van der Waals surface area contributed by atoms with E-state index in [1.165, 1.54) is 22.3 Å². The molecule has 0 atom stereocenters. The highest BCUT2D eigenvalue weighted by molar-refractivity contribution is 5.93. The van der Waals surface area contributed by atoms with Gasteiger partial charge in [-0.2, -0.15) is 0 Å². The molecule has 2 aliphatic rings. The van der Waals surface area contributed by atoms with Crippen LogP contribution in [0, 0.1) is 0 Å². The predicted octanol–water partition coefficient (Wildman–Crippen LogP) is 8.66. The molecule has 0 saturated heterocycles. The number of fused-ring (bicyclic) bond motifs is 4. The molecule has 42 heavy (non-hydrogen) atoms. The van der Waals surface area contributed by atoms with Crippen LogP contribution in [0.3, 0.4) is 0 Å². The van der Waals surface area contributed by atoms with Gasteiger partial charge in [-0.25, -0.2) is 19.9 Å². The van der Waals surface area contributed by atoms with Crippen molar-refractivity contribution in [2.75, 3.05) is 0 Å². The van der Waals surface area contributed by atoms with E-state index >= 15 is 0 Å². The number of rotatable bonds is 4. The van der Waals surface area contributed by atoms with Gasteiger partial charge in [0.2, 0.25) is 0 Å². The SMILES string of the molecule is C1=CC=CC(c2nc(-c3ccccc3)nc(-c3cccc4c3-c3cccc(-c5ccc6ccccc6n5)c3C4)n2)=CC=1. The Kier molecular flexibility index (Phi) is 5.77. The van der Waals surface area contributed by atoms with Crippen LogP contribution in [0.4, 0.5) is 0 Å². The van der Waals surface area contributed by atoms with E-state index in [1.807, 2.05) is 72.8 Å². The number of aromatic nitrogens is 4. The lowest BCUT2D eigenvalue weighted by atomic mass is 9.96. The summed E-state index contributed by atoms with van der Waals surface area (Å²) in [4.78, 5) is 20.0. The molecule has 2 aromatic heterocycles. The topological polar surface area (TPSA) is 51.6 Å². The Balaban J connectivity index is 1.30. The van der Waals surface area contributed by atoms with E-state index in [1.54, 1.807) is 0 Å². The normalized spacial score (nSPS) is 13.1. The maximum atomic E-state index is 5.04. The molecule has 4 heteroatoms. The Bertz CT molecular complexity index is 2150. The molecule has 4 aromatic carbocycles. The molecule has 0 bridgehead atoms. The number of benzene rings is 4. The van der Waals surface area contributed by atoms with Crippen molar-refractivity contribution in [2.45, 2.75) is 6.42 Å². The average Bonchev–Trinajstić information content (AvgIpc) is 3.23. The molecular weight excluding hydrogens is 512 g/mol. The van der Waals surface area contributed by atoms with Gasteiger partial charge in [0, 0.05) is 27.6 Å². The van der Waals surface area contributed by atoms with Gasteiger partial charge < -0.3 is 0 Å². The number of pyridine rings is 1. The van der Waals surface area contributed by atoms with Crippen molar-refractivity contribution in [2.24, 2.45) is 0 Å². The van der Waals surface area contributed by atoms with Crippen LogP contribution >= 0.6 is 0 Å². The zero-order chi connectivity index (χ0) is 27.9. The third-order valence-corrected chi connectivity index (χ3v) is 7.83. The molecule has 0 unspecified atom stereocenters. The van der Waals surface area contributed by atoms with Crippen LogP contribution in [-0.4, -0.2) is 19.9 Å². The summed E-state index contributed by atoms with van der Waals surface area (Å²) >= 11 is 0. The molecule has 0 spiro atoms. The Morgan fingerprint density at radius 2 is 1.36 bits per heavy atom. The van der Waals surface area contributed by atoms with Crippen molar-refractivity contribution in [3.8, 4) is 45.2 Å². The quantitative estimate of drug-likeness (QED) is 0.211. The van der Waals surface area contributed by atoms with E-state index in [-0.39, 0.29) is 0 Å². The summed E-state index contributed by atoms with van der Waals surface area (Å²) in [6, 6.07) is 35.6. The average molecular weight is 537 g/mol. The summed E-state index contributed by atoms with van der Waals surface area (Å²) in [5, 5.41) is 1.14. The largest absolute Gasteiger partial charge is 0.248 e. The van der Waals surface area contributed by atoms with Gasteiger partial charge in [0.15, 0.2) is 17.5 Å². The fourth-order valence-corrected chi connectivity index (χ4v) is 5.86. The molecule has 0 radical (unpaired) electrons. The Labute approximate surface area is 243 Å². The smallest absolute Gasteiger partial charge is 0.164 e. The predicted molar refractivity (Wildman–Crippen MR) is 169 cm³/mol. The number of allylic oxidation sites excluding steroid dienone is 5. The highest BCUT2D eigenvalue weighted by Crippen LogP contribution is 2.45. The van der Waals surface area contributed by atoms with Gasteiger partial charge >= 0.3 is 0 Å². The molecule has 0 N–H and O–H groups in total. The first kappa shape index (κ1) is 24.1. The van der Waals surface area contributed by atoms with Gasteiger partial charge in [-0.15, -0.1) is 5.73 Å². The molecule has 2 heterocycles. The Hall–Kier alpha value is -5.70. The Morgan fingerprint density at radius 1 is 0.571 bits per heavy atom. The van der Waals surface area contributed by atoms with Crippen molar-refractivity contribution in [1.29, 1.82) is 0 Å². The maximum Gasteiger partial charge on any atom is 0.164 e. The summed E-state index contributed by atoms with van der Waals surface area (Å²) in [7, 11) is 0. The second-order valence-corrected chi connectivity index (χ2v) is 10.4. The standard InChI is InChI=1S/C38H24N4/c1-2-5-14-26(13-4-1)36-40-37(27-15-6-3-7-16-27)42-38(41-36)31-20-10-17-28-24-32-29(18-11-19-30(32)35(28)31)34-23-22-25-12-8-9-21-33(25)39-34/h1,3-23H,24H2. The number of para-hydroxylation sites is 1. The van der Waals surface area contributed by atoms with Gasteiger partial charge in [-0.05, 0) is 59.0 Å². The minimum atomic E-state index is 0.633. The van der Waals surface area contributed by atoms with Gasteiger partial charge in [0.25, 0.3) is 0 Å². The molecule has 196 valence electrons. The van der Waals surface area contributed by atoms with Crippen LogP contribution < -0.4 is 0 Å². The van der Waals surface area contributed by atoms with Gasteiger partial charge in [-0.1, -0.05) is 103 Å². The summed E-state index contributed by atoms with van der Waals surface area (Å²) in [6.07, 6.45) is 10.6. The van der Waals surface area contributed by atoms with E-state index in [2.05, 4.69) is 66.4 Å². The highest BCUT2D eigenvalue weighted by Gasteiger charge is 2.26. The first-order chi connectivity index (χ1) is 20.8. The fourth-order valence-electron chi connectivity index (χ4n) is 5.86. The monoisotopic (exact) mass is 536 g/mol. The van der Waals surface area contributed by atoms with Crippen LogP contribution in [0.1, 0.15) is 17.0 Å². The van der Waals surface area contributed by atoms with Crippen molar-refractivity contribution < 1.29 is 0 Å². The van der Waals surface area contributed by atoms with Crippen LogP contribution in [0.5, 0.6) is 0 Å². The molecular formula is C38H24N4. The van der Waals surface area contributed by atoms with E-state index in [0.717, 1.165) is 45.3 Å². The first-order valence-corrected chi connectivity index (χ1v) is 14.0. The van der Waals surface area contributed by atoms with E-state index in [4.69, 9.17) is 19.9 Å². The van der Waals surface area contributed by atoms with E-state index < -0.39 is 0 Å². The molecule has 0 saturated carbocycles. The third kappa shape index (κ3) is 4.19. The lowest BCUT2D eigenvalue weighted by Gasteiger charge is -2.13. The number of hydrogen-bond acceptors (Lipinski definition) is 4. The van der Waals surface area contributed by atoms with Gasteiger partial charge in [0.1, 0.15) is 0 Å². The molecule has 6 aromatic rings. The first-order valence-electron chi connectivity index (χ1n) is 14.0. The number of hydrogen-bond donors (Lipinski definition) is 0. The summed E-state index contributed by atoms with van der Waals surface area (Å²) in [5.74, 6) is 1.94. The lowest BCUT2D eigenvalue weighted by molar-refractivity contribution is 1.04. The van der Waals surface area contributed by atoms with E-state index in [9.17, 15) is 0 Å². The van der Waals surface area contributed by atoms with Gasteiger partial charge in [-0.3, -0.25) is 0 Å². The third-order valence-electron chi connectivity index (χ3n) is 7.83.